The Morgan fingerprint density at radius 2 is 1.80 bits per heavy atom. The van der Waals surface area contributed by atoms with Gasteiger partial charge in [-0.2, -0.15) is 5.26 Å². The zero-order valence-corrected chi connectivity index (χ0v) is 20.7. The minimum atomic E-state index is -0.679. The van der Waals surface area contributed by atoms with Crippen LogP contribution in [0.5, 0.6) is 0 Å². The molecular formula is C26H18Cl2FN3O2S. The second-order valence-electron chi connectivity index (χ2n) is 7.81. The van der Waals surface area contributed by atoms with Crippen molar-refractivity contribution < 1.29 is 14.0 Å². The maximum Gasteiger partial charge on any atom is 0.269 e. The lowest BCUT2D eigenvalue weighted by molar-refractivity contribution is -0.117. The molecule has 4 rings (SSSR count). The van der Waals surface area contributed by atoms with E-state index in [1.807, 2.05) is 25.1 Å². The molecule has 1 atom stereocenters. The molecule has 176 valence electrons. The molecular weight excluding hydrogens is 508 g/mol. The fourth-order valence-electron chi connectivity index (χ4n) is 3.54. The molecule has 1 aliphatic rings. The second kappa shape index (κ2) is 10.5. The number of carbonyl (C=O) groups excluding carboxylic acids is 2. The van der Waals surface area contributed by atoms with Gasteiger partial charge in [-0.05, 0) is 73.5 Å². The molecule has 0 bridgehead atoms. The zero-order chi connectivity index (χ0) is 25.1. The molecule has 9 heteroatoms. The number of nitrogens with zero attached hydrogens (tertiary/aromatic N) is 2. The normalized spacial score (nSPS) is 16.7. The van der Waals surface area contributed by atoms with Gasteiger partial charge in [0.2, 0.25) is 5.91 Å². The molecule has 0 saturated carbocycles. The van der Waals surface area contributed by atoms with E-state index in [1.54, 1.807) is 30.3 Å². The predicted molar refractivity (Wildman–Crippen MR) is 138 cm³/mol. The number of benzene rings is 3. The van der Waals surface area contributed by atoms with E-state index in [9.17, 15) is 19.2 Å². The smallest absolute Gasteiger partial charge is 0.269 e. The highest BCUT2D eigenvalue weighted by atomic mass is 35.5. The van der Waals surface area contributed by atoms with Crippen LogP contribution in [0, 0.1) is 24.1 Å². The van der Waals surface area contributed by atoms with Gasteiger partial charge >= 0.3 is 0 Å². The van der Waals surface area contributed by atoms with E-state index in [0.29, 0.717) is 27.0 Å². The fraction of sp³-hybridized carbons (Fsp3) is 0.115. The summed E-state index contributed by atoms with van der Waals surface area (Å²) in [6.45, 7) is 1.92. The first kappa shape index (κ1) is 24.8. The quantitative estimate of drug-likeness (QED) is 0.304. The van der Waals surface area contributed by atoms with E-state index < -0.39 is 17.0 Å². The predicted octanol–water partition coefficient (Wildman–Crippen LogP) is 6.51. The lowest BCUT2D eigenvalue weighted by Crippen LogP contribution is -2.31. The molecule has 3 aromatic rings. The van der Waals surface area contributed by atoms with Crippen LogP contribution in [-0.2, 0) is 16.0 Å². The van der Waals surface area contributed by atoms with Crippen LogP contribution in [0.3, 0.4) is 0 Å². The number of amides is 2. The standard InChI is InChI=1S/C26H18Cl2FN3O2S/c1-15-2-7-19(8-3-15)31-24(33)21(14-30)26-32(20-9-5-18(29)6-10-20)25(34)23(35-26)13-16-12-17(27)4-11-22(16)28/h2-12,23H,13H2,1H3,(H,31,33)/b26-21-. The number of halogens is 3. The summed E-state index contributed by atoms with van der Waals surface area (Å²) in [7, 11) is 0. The highest BCUT2D eigenvalue weighted by molar-refractivity contribution is 8.05. The molecule has 2 amide bonds. The Morgan fingerprint density at radius 3 is 2.46 bits per heavy atom. The number of aryl methyl sites for hydroxylation is 1. The van der Waals surface area contributed by atoms with E-state index in [4.69, 9.17) is 23.2 Å². The lowest BCUT2D eigenvalue weighted by atomic mass is 10.1. The maximum absolute atomic E-state index is 13.6. The van der Waals surface area contributed by atoms with Crippen LogP contribution in [0.25, 0.3) is 0 Å². The van der Waals surface area contributed by atoms with Gasteiger partial charge in [0.15, 0.2) is 0 Å². The summed E-state index contributed by atoms with van der Waals surface area (Å²) in [4.78, 5) is 27.9. The van der Waals surface area contributed by atoms with Gasteiger partial charge < -0.3 is 5.32 Å². The summed E-state index contributed by atoms with van der Waals surface area (Å²) in [6.07, 6.45) is 0.225. The number of rotatable bonds is 5. The highest BCUT2D eigenvalue weighted by Crippen LogP contribution is 2.42. The summed E-state index contributed by atoms with van der Waals surface area (Å²) in [6, 6.07) is 19.3. The third-order valence-electron chi connectivity index (χ3n) is 5.31. The number of hydrogen-bond donors (Lipinski definition) is 1. The van der Waals surface area contributed by atoms with Crippen molar-refractivity contribution in [3.05, 3.63) is 104 Å². The highest BCUT2D eigenvalue weighted by Gasteiger charge is 2.41. The number of anilines is 2. The summed E-state index contributed by atoms with van der Waals surface area (Å²) in [5, 5.41) is 13.0. The number of nitriles is 1. The van der Waals surface area contributed by atoms with Gasteiger partial charge in [-0.3, -0.25) is 14.5 Å². The van der Waals surface area contributed by atoms with E-state index in [2.05, 4.69) is 5.32 Å². The van der Waals surface area contributed by atoms with Crippen LogP contribution in [-0.4, -0.2) is 17.1 Å². The van der Waals surface area contributed by atoms with Crippen molar-refractivity contribution in [2.45, 2.75) is 18.6 Å². The van der Waals surface area contributed by atoms with Gasteiger partial charge in [0.05, 0.1) is 5.25 Å². The van der Waals surface area contributed by atoms with Gasteiger partial charge in [-0.25, -0.2) is 4.39 Å². The minimum Gasteiger partial charge on any atom is -0.321 e. The summed E-state index contributed by atoms with van der Waals surface area (Å²) >= 11 is 13.5. The van der Waals surface area contributed by atoms with Crippen LogP contribution in [0.15, 0.2) is 77.3 Å². The van der Waals surface area contributed by atoms with E-state index in [1.165, 1.54) is 29.2 Å². The number of carbonyl (C=O) groups is 2. The second-order valence-corrected chi connectivity index (χ2v) is 9.84. The largest absolute Gasteiger partial charge is 0.321 e. The molecule has 1 N–H and O–H groups in total. The molecule has 0 aliphatic carbocycles. The molecule has 0 spiro atoms. The van der Waals surface area contributed by atoms with E-state index in [-0.39, 0.29) is 22.9 Å². The zero-order valence-electron chi connectivity index (χ0n) is 18.4. The lowest BCUT2D eigenvalue weighted by Gasteiger charge is -2.18. The average Bonchev–Trinajstić information content (AvgIpc) is 3.14. The molecule has 1 unspecified atom stereocenters. The van der Waals surface area contributed by atoms with Gasteiger partial charge in [-0.15, -0.1) is 0 Å². The third-order valence-corrected chi connectivity index (χ3v) is 7.18. The topological polar surface area (TPSA) is 73.2 Å². The number of hydrogen-bond acceptors (Lipinski definition) is 4. The van der Waals surface area contributed by atoms with E-state index >= 15 is 0 Å². The Labute approximate surface area is 216 Å². The number of thioether (sulfide) groups is 1. The number of nitrogens with one attached hydrogen (secondary N) is 1. The van der Waals surface area contributed by atoms with Gasteiger partial charge in [0.1, 0.15) is 22.5 Å². The van der Waals surface area contributed by atoms with Gasteiger partial charge in [0.25, 0.3) is 5.91 Å². The van der Waals surface area contributed by atoms with Crippen molar-refractivity contribution in [2.75, 3.05) is 10.2 Å². The van der Waals surface area contributed by atoms with Crippen LogP contribution in [0.1, 0.15) is 11.1 Å². The van der Waals surface area contributed by atoms with Crippen molar-refractivity contribution in [1.82, 2.24) is 0 Å². The Hall–Kier alpha value is -3.31. The first-order valence-electron chi connectivity index (χ1n) is 10.5. The molecule has 1 heterocycles. The SMILES string of the molecule is Cc1ccc(NC(=O)/C(C#N)=C2\SC(Cc3cc(Cl)ccc3Cl)C(=O)N2c2ccc(F)cc2)cc1. The average molecular weight is 526 g/mol. The van der Waals surface area contributed by atoms with Crippen molar-refractivity contribution in [3.63, 3.8) is 0 Å². The third kappa shape index (κ3) is 5.51. The molecule has 1 aliphatic heterocycles. The van der Waals surface area contributed by atoms with Crippen LogP contribution in [0.4, 0.5) is 15.8 Å². The van der Waals surface area contributed by atoms with Crippen LogP contribution in [0.2, 0.25) is 10.0 Å². The Bertz CT molecular complexity index is 1370. The molecule has 3 aromatic carbocycles. The maximum atomic E-state index is 13.6. The summed E-state index contributed by atoms with van der Waals surface area (Å²) in [5.41, 5.74) is 2.30. The Morgan fingerprint density at radius 1 is 1.11 bits per heavy atom. The fourth-order valence-corrected chi connectivity index (χ4v) is 5.23. The summed E-state index contributed by atoms with van der Waals surface area (Å²) in [5.74, 6) is -1.48. The van der Waals surface area contributed by atoms with Crippen molar-refractivity contribution in [3.8, 4) is 6.07 Å². The molecule has 5 nitrogen and oxygen atoms in total. The minimum absolute atomic E-state index is 0.164. The van der Waals surface area contributed by atoms with Gasteiger partial charge in [0, 0.05) is 21.4 Å². The first-order valence-corrected chi connectivity index (χ1v) is 12.1. The van der Waals surface area contributed by atoms with Crippen LogP contribution >= 0.6 is 35.0 Å². The Kier molecular flexibility index (Phi) is 7.46. The Balaban J connectivity index is 1.73. The van der Waals surface area contributed by atoms with Crippen molar-refractivity contribution in [2.24, 2.45) is 0 Å². The van der Waals surface area contributed by atoms with Crippen LogP contribution < -0.4 is 10.2 Å². The molecule has 0 aromatic heterocycles. The molecule has 1 saturated heterocycles. The molecule has 35 heavy (non-hydrogen) atoms. The summed E-state index contributed by atoms with van der Waals surface area (Å²) < 4.78 is 13.6. The molecule has 1 fully saturated rings. The van der Waals surface area contributed by atoms with E-state index in [0.717, 1.165) is 17.3 Å². The van der Waals surface area contributed by atoms with Crippen molar-refractivity contribution >= 4 is 58.2 Å². The first-order chi connectivity index (χ1) is 16.8. The molecule has 0 radical (unpaired) electrons. The monoisotopic (exact) mass is 525 g/mol. The van der Waals surface area contributed by atoms with Crippen molar-refractivity contribution in [1.29, 1.82) is 5.26 Å². The van der Waals surface area contributed by atoms with Gasteiger partial charge in [-0.1, -0.05) is 52.7 Å².